The van der Waals surface area contributed by atoms with Crippen molar-refractivity contribution in [2.75, 3.05) is 18.7 Å². The van der Waals surface area contributed by atoms with Crippen molar-refractivity contribution >= 4 is 33.0 Å². The first-order valence-electron chi connectivity index (χ1n) is 8.02. The van der Waals surface area contributed by atoms with E-state index in [2.05, 4.69) is 5.32 Å². The molecule has 1 amide bonds. The summed E-state index contributed by atoms with van der Waals surface area (Å²) >= 11 is 6.30. The standard InChI is InChI=1S/C19H16ClFN2O4S/c1-27-18-11-17(23-7-3-4-8-23)14(20)10-13(18)19(24)22-16-9-12(28(2,25)26)5-6-15(16)21/h3-11H,1-2H3,(H,22,24). The Morgan fingerprint density at radius 1 is 1.18 bits per heavy atom. The number of anilines is 1. The lowest BCUT2D eigenvalue weighted by molar-refractivity contribution is 0.102. The van der Waals surface area contributed by atoms with Crippen LogP contribution in [0.3, 0.4) is 0 Å². The minimum absolute atomic E-state index is 0.0764. The summed E-state index contributed by atoms with van der Waals surface area (Å²) in [7, 11) is -2.17. The van der Waals surface area contributed by atoms with Crippen LogP contribution in [0.5, 0.6) is 5.75 Å². The summed E-state index contributed by atoms with van der Waals surface area (Å²) in [5.74, 6) is -1.23. The third-order valence-corrected chi connectivity index (χ3v) is 5.42. The van der Waals surface area contributed by atoms with Gasteiger partial charge in [-0.15, -0.1) is 0 Å². The van der Waals surface area contributed by atoms with E-state index in [1.165, 1.54) is 13.2 Å². The van der Waals surface area contributed by atoms with Crippen molar-refractivity contribution in [1.29, 1.82) is 0 Å². The third kappa shape index (κ3) is 4.02. The first kappa shape index (κ1) is 19.9. The van der Waals surface area contributed by atoms with Crippen LogP contribution in [0, 0.1) is 5.82 Å². The summed E-state index contributed by atoms with van der Waals surface area (Å²) in [6.45, 7) is 0. The normalized spacial score (nSPS) is 11.3. The number of hydrogen-bond acceptors (Lipinski definition) is 4. The molecular formula is C19H16ClFN2O4S. The number of carbonyl (C=O) groups is 1. The van der Waals surface area contributed by atoms with Gasteiger partial charge < -0.3 is 14.6 Å². The van der Waals surface area contributed by atoms with Crippen molar-refractivity contribution in [3.63, 3.8) is 0 Å². The van der Waals surface area contributed by atoms with Gasteiger partial charge in [-0.3, -0.25) is 4.79 Å². The second kappa shape index (κ2) is 7.65. The molecule has 1 aromatic heterocycles. The number of benzene rings is 2. The maximum atomic E-state index is 14.1. The SMILES string of the molecule is COc1cc(-n2cccc2)c(Cl)cc1C(=O)Nc1cc(S(C)(=O)=O)ccc1F. The molecule has 0 radical (unpaired) electrons. The number of halogens is 2. The van der Waals surface area contributed by atoms with Crippen molar-refractivity contribution in [2.24, 2.45) is 0 Å². The number of nitrogens with one attached hydrogen (secondary N) is 1. The lowest BCUT2D eigenvalue weighted by Gasteiger charge is -2.14. The van der Waals surface area contributed by atoms with Crippen LogP contribution in [0.1, 0.15) is 10.4 Å². The molecule has 0 aliphatic heterocycles. The fourth-order valence-electron chi connectivity index (χ4n) is 2.60. The molecule has 146 valence electrons. The molecule has 1 heterocycles. The number of rotatable bonds is 5. The Morgan fingerprint density at radius 2 is 1.86 bits per heavy atom. The molecule has 0 aliphatic rings. The number of carbonyl (C=O) groups excluding carboxylic acids is 1. The Balaban J connectivity index is 1.98. The van der Waals surface area contributed by atoms with Crippen molar-refractivity contribution in [3.05, 3.63) is 71.3 Å². The first-order chi connectivity index (χ1) is 13.2. The molecule has 6 nitrogen and oxygen atoms in total. The highest BCUT2D eigenvalue weighted by Gasteiger charge is 2.19. The van der Waals surface area contributed by atoms with Gasteiger partial charge in [0, 0.05) is 24.7 Å². The van der Waals surface area contributed by atoms with Gasteiger partial charge in [-0.1, -0.05) is 11.6 Å². The molecule has 9 heteroatoms. The highest BCUT2D eigenvalue weighted by atomic mass is 35.5. The van der Waals surface area contributed by atoms with Gasteiger partial charge in [-0.2, -0.15) is 0 Å². The van der Waals surface area contributed by atoms with Crippen LogP contribution in [-0.4, -0.2) is 32.3 Å². The Kier molecular flexibility index (Phi) is 5.44. The monoisotopic (exact) mass is 422 g/mol. The molecule has 2 aromatic carbocycles. The van der Waals surface area contributed by atoms with E-state index in [-0.39, 0.29) is 26.9 Å². The van der Waals surface area contributed by atoms with Gasteiger partial charge in [-0.25, -0.2) is 12.8 Å². The zero-order valence-electron chi connectivity index (χ0n) is 14.9. The van der Waals surface area contributed by atoms with Gasteiger partial charge in [0.05, 0.1) is 34.0 Å². The van der Waals surface area contributed by atoms with Gasteiger partial charge in [0.15, 0.2) is 9.84 Å². The second-order valence-electron chi connectivity index (χ2n) is 5.96. The van der Waals surface area contributed by atoms with E-state index in [9.17, 15) is 17.6 Å². The Bertz CT molecular complexity index is 1140. The van der Waals surface area contributed by atoms with Crippen LogP contribution in [0.4, 0.5) is 10.1 Å². The molecule has 0 fully saturated rings. The number of ether oxygens (including phenoxy) is 1. The van der Waals surface area contributed by atoms with E-state index < -0.39 is 21.6 Å². The Hall–Kier alpha value is -2.84. The van der Waals surface area contributed by atoms with Crippen LogP contribution in [0.2, 0.25) is 5.02 Å². The minimum atomic E-state index is -3.56. The van der Waals surface area contributed by atoms with E-state index in [1.807, 2.05) is 12.1 Å². The second-order valence-corrected chi connectivity index (χ2v) is 8.39. The van der Waals surface area contributed by atoms with Crippen molar-refractivity contribution in [3.8, 4) is 11.4 Å². The number of amides is 1. The van der Waals surface area contributed by atoms with Gasteiger partial charge >= 0.3 is 0 Å². The summed E-state index contributed by atoms with van der Waals surface area (Å²) in [6.07, 6.45) is 4.56. The fraction of sp³-hybridized carbons (Fsp3) is 0.105. The van der Waals surface area contributed by atoms with Crippen LogP contribution >= 0.6 is 11.6 Å². The van der Waals surface area contributed by atoms with Gasteiger partial charge in [0.1, 0.15) is 11.6 Å². The molecule has 1 N–H and O–H groups in total. The topological polar surface area (TPSA) is 77.4 Å². The third-order valence-electron chi connectivity index (χ3n) is 4.01. The molecule has 0 unspecified atom stereocenters. The largest absolute Gasteiger partial charge is 0.496 e. The lowest BCUT2D eigenvalue weighted by Crippen LogP contribution is -2.15. The molecule has 0 bridgehead atoms. The minimum Gasteiger partial charge on any atom is -0.496 e. The number of nitrogens with zero attached hydrogens (tertiary/aromatic N) is 1. The zero-order valence-corrected chi connectivity index (χ0v) is 16.5. The first-order valence-corrected chi connectivity index (χ1v) is 10.3. The van der Waals surface area contributed by atoms with E-state index in [4.69, 9.17) is 16.3 Å². The summed E-state index contributed by atoms with van der Waals surface area (Å²) < 4.78 is 44.5. The number of aromatic nitrogens is 1. The number of sulfone groups is 1. The lowest BCUT2D eigenvalue weighted by atomic mass is 10.1. The highest BCUT2D eigenvalue weighted by molar-refractivity contribution is 7.90. The number of hydrogen-bond donors (Lipinski definition) is 1. The van der Waals surface area contributed by atoms with Gasteiger partial charge in [0.2, 0.25) is 0 Å². The Labute approximate surface area is 166 Å². The van der Waals surface area contributed by atoms with E-state index in [1.54, 1.807) is 23.0 Å². The van der Waals surface area contributed by atoms with Crippen molar-refractivity contribution < 1.29 is 22.3 Å². The van der Waals surface area contributed by atoms with Crippen molar-refractivity contribution in [1.82, 2.24) is 4.57 Å². The smallest absolute Gasteiger partial charge is 0.259 e. The molecule has 0 saturated heterocycles. The maximum Gasteiger partial charge on any atom is 0.259 e. The number of methoxy groups -OCH3 is 1. The van der Waals surface area contributed by atoms with E-state index >= 15 is 0 Å². The molecule has 0 spiro atoms. The van der Waals surface area contributed by atoms with Gasteiger partial charge in [-0.05, 0) is 36.4 Å². The average Bonchev–Trinajstić information content (AvgIpc) is 3.16. The van der Waals surface area contributed by atoms with Crippen LogP contribution < -0.4 is 10.1 Å². The quantitative estimate of drug-likeness (QED) is 0.632. The molecular weight excluding hydrogens is 407 g/mol. The van der Waals surface area contributed by atoms with Crippen LogP contribution in [0.25, 0.3) is 5.69 Å². The van der Waals surface area contributed by atoms with Crippen LogP contribution in [-0.2, 0) is 9.84 Å². The molecule has 28 heavy (non-hydrogen) atoms. The van der Waals surface area contributed by atoms with E-state index in [0.29, 0.717) is 5.69 Å². The predicted octanol–water partition coefficient (Wildman–Crippen LogP) is 3.93. The predicted molar refractivity (Wildman–Crippen MR) is 105 cm³/mol. The van der Waals surface area contributed by atoms with Gasteiger partial charge in [0.25, 0.3) is 5.91 Å². The molecule has 0 saturated carbocycles. The highest BCUT2D eigenvalue weighted by Crippen LogP contribution is 2.31. The summed E-state index contributed by atoms with van der Waals surface area (Å²) in [4.78, 5) is 12.6. The molecule has 0 atom stereocenters. The zero-order chi connectivity index (χ0) is 20.5. The summed E-state index contributed by atoms with van der Waals surface area (Å²) in [5, 5.41) is 2.66. The van der Waals surface area contributed by atoms with E-state index in [0.717, 1.165) is 24.5 Å². The summed E-state index contributed by atoms with van der Waals surface area (Å²) in [6, 6.07) is 9.80. The van der Waals surface area contributed by atoms with Crippen molar-refractivity contribution in [2.45, 2.75) is 4.90 Å². The maximum absolute atomic E-state index is 14.1. The Morgan fingerprint density at radius 3 is 2.46 bits per heavy atom. The molecule has 3 rings (SSSR count). The average molecular weight is 423 g/mol. The summed E-state index contributed by atoms with van der Waals surface area (Å²) in [5.41, 5.74) is 0.415. The fourth-order valence-corrected chi connectivity index (χ4v) is 3.51. The molecule has 3 aromatic rings. The van der Waals surface area contributed by atoms with Crippen LogP contribution in [0.15, 0.2) is 59.8 Å². The molecule has 0 aliphatic carbocycles.